The van der Waals surface area contributed by atoms with Crippen molar-refractivity contribution in [3.05, 3.63) is 35.7 Å². The summed E-state index contributed by atoms with van der Waals surface area (Å²) in [5.41, 5.74) is 5.29. The van der Waals surface area contributed by atoms with Gasteiger partial charge in [0.25, 0.3) is 0 Å². The van der Waals surface area contributed by atoms with Crippen LogP contribution in [0.1, 0.15) is 5.82 Å². The van der Waals surface area contributed by atoms with E-state index >= 15 is 0 Å². The average molecular weight is 211 g/mol. The van der Waals surface area contributed by atoms with Crippen molar-refractivity contribution in [1.29, 1.82) is 0 Å². The molecule has 0 unspecified atom stereocenters. The predicted molar refractivity (Wildman–Crippen MR) is 47.0 cm³/mol. The molecule has 0 saturated heterocycles. The Morgan fingerprint density at radius 3 is 2.87 bits per heavy atom. The maximum absolute atomic E-state index is 13.3. The summed E-state index contributed by atoms with van der Waals surface area (Å²) in [7, 11) is 0. The van der Waals surface area contributed by atoms with Crippen molar-refractivity contribution in [3.8, 4) is 5.69 Å². The molecule has 7 heteroatoms. The summed E-state index contributed by atoms with van der Waals surface area (Å²) >= 11 is 0. The maximum Gasteiger partial charge on any atom is 0.170 e. The monoisotopic (exact) mass is 211 g/mol. The molecule has 0 atom stereocenters. The first kappa shape index (κ1) is 9.66. The van der Waals surface area contributed by atoms with Gasteiger partial charge in [0, 0.05) is 6.07 Å². The van der Waals surface area contributed by atoms with Crippen LogP contribution in [0.3, 0.4) is 0 Å². The molecule has 0 spiro atoms. The highest BCUT2D eigenvalue weighted by Gasteiger charge is 2.11. The Labute approximate surface area is 83.5 Å². The van der Waals surface area contributed by atoms with E-state index in [1.807, 2.05) is 0 Å². The standard InChI is InChI=1S/C8H7F2N5/c9-5-1-2-6(10)7(3-5)15-8(4-11)12-13-14-15/h1-3H,4,11H2. The third-order valence-corrected chi connectivity index (χ3v) is 1.85. The first-order valence-corrected chi connectivity index (χ1v) is 4.15. The third-order valence-electron chi connectivity index (χ3n) is 1.85. The zero-order valence-corrected chi connectivity index (χ0v) is 7.56. The highest BCUT2D eigenvalue weighted by molar-refractivity contribution is 5.33. The zero-order chi connectivity index (χ0) is 10.8. The minimum Gasteiger partial charge on any atom is -0.324 e. The van der Waals surface area contributed by atoms with E-state index in [4.69, 9.17) is 5.73 Å². The Hall–Kier alpha value is -1.89. The van der Waals surface area contributed by atoms with E-state index in [1.54, 1.807) is 0 Å². The number of halogens is 2. The van der Waals surface area contributed by atoms with Crippen LogP contribution < -0.4 is 5.73 Å². The van der Waals surface area contributed by atoms with Crippen LogP contribution in [0.5, 0.6) is 0 Å². The highest BCUT2D eigenvalue weighted by atomic mass is 19.1. The Morgan fingerprint density at radius 2 is 2.13 bits per heavy atom. The van der Waals surface area contributed by atoms with Gasteiger partial charge >= 0.3 is 0 Å². The molecular formula is C8H7F2N5. The molecule has 0 radical (unpaired) electrons. The molecule has 1 aromatic carbocycles. The molecule has 0 saturated carbocycles. The number of benzene rings is 1. The number of hydrogen-bond acceptors (Lipinski definition) is 4. The van der Waals surface area contributed by atoms with Crippen LogP contribution >= 0.6 is 0 Å². The van der Waals surface area contributed by atoms with E-state index in [9.17, 15) is 8.78 Å². The molecule has 1 heterocycles. The van der Waals surface area contributed by atoms with Crippen molar-refractivity contribution in [3.63, 3.8) is 0 Å². The first-order chi connectivity index (χ1) is 7.22. The van der Waals surface area contributed by atoms with Gasteiger partial charge in [0.05, 0.1) is 6.54 Å². The number of tetrazole rings is 1. The van der Waals surface area contributed by atoms with Gasteiger partial charge in [-0.1, -0.05) is 0 Å². The fraction of sp³-hybridized carbons (Fsp3) is 0.125. The molecule has 0 fully saturated rings. The molecule has 15 heavy (non-hydrogen) atoms. The van der Waals surface area contributed by atoms with Gasteiger partial charge in [0.1, 0.15) is 17.3 Å². The summed E-state index contributed by atoms with van der Waals surface area (Å²) in [6.45, 7) is 0.0446. The smallest absolute Gasteiger partial charge is 0.170 e. The molecule has 0 amide bonds. The highest BCUT2D eigenvalue weighted by Crippen LogP contribution is 2.14. The van der Waals surface area contributed by atoms with Crippen molar-refractivity contribution in [2.45, 2.75) is 6.54 Å². The van der Waals surface area contributed by atoms with Gasteiger partial charge in [-0.15, -0.1) is 5.10 Å². The fourth-order valence-electron chi connectivity index (χ4n) is 1.17. The number of aromatic nitrogens is 4. The van der Waals surface area contributed by atoms with Crippen molar-refractivity contribution >= 4 is 0 Å². The molecule has 1 aromatic heterocycles. The quantitative estimate of drug-likeness (QED) is 0.780. The van der Waals surface area contributed by atoms with Crippen LogP contribution in [-0.4, -0.2) is 20.2 Å². The van der Waals surface area contributed by atoms with Gasteiger partial charge in [0.15, 0.2) is 5.82 Å². The summed E-state index contributed by atoms with van der Waals surface area (Å²) in [5.74, 6) is -0.914. The lowest BCUT2D eigenvalue weighted by atomic mass is 10.3. The second kappa shape index (κ2) is 3.70. The zero-order valence-electron chi connectivity index (χ0n) is 7.56. The van der Waals surface area contributed by atoms with Crippen LogP contribution in [0.2, 0.25) is 0 Å². The lowest BCUT2D eigenvalue weighted by Crippen LogP contribution is -2.09. The molecule has 0 aliphatic rings. The molecular weight excluding hydrogens is 204 g/mol. The Kier molecular flexibility index (Phi) is 2.38. The van der Waals surface area contributed by atoms with Gasteiger partial charge in [-0.3, -0.25) is 0 Å². The SMILES string of the molecule is NCc1nnnn1-c1cc(F)ccc1F. The Morgan fingerprint density at radius 1 is 1.33 bits per heavy atom. The van der Waals surface area contributed by atoms with E-state index in [-0.39, 0.29) is 18.1 Å². The minimum atomic E-state index is -0.613. The lowest BCUT2D eigenvalue weighted by molar-refractivity contribution is 0.580. The minimum absolute atomic E-state index is 0.0446. The summed E-state index contributed by atoms with van der Waals surface area (Å²) in [6.07, 6.45) is 0. The van der Waals surface area contributed by atoms with Crippen molar-refractivity contribution < 1.29 is 8.78 Å². The molecule has 2 rings (SSSR count). The molecule has 78 valence electrons. The third kappa shape index (κ3) is 1.68. The van der Waals surface area contributed by atoms with E-state index in [0.717, 1.165) is 22.9 Å². The van der Waals surface area contributed by atoms with Crippen LogP contribution in [0.4, 0.5) is 8.78 Å². The van der Waals surface area contributed by atoms with Crippen LogP contribution in [-0.2, 0) is 6.54 Å². The topological polar surface area (TPSA) is 69.6 Å². The number of nitrogens with two attached hydrogens (primary N) is 1. The van der Waals surface area contributed by atoms with Gasteiger partial charge in [0.2, 0.25) is 0 Å². The van der Waals surface area contributed by atoms with Crippen molar-refractivity contribution in [2.24, 2.45) is 5.73 Å². The Balaban J connectivity index is 2.58. The molecule has 2 aromatic rings. The molecule has 2 N–H and O–H groups in total. The fourth-order valence-corrected chi connectivity index (χ4v) is 1.17. The molecule has 5 nitrogen and oxygen atoms in total. The van der Waals surface area contributed by atoms with Crippen LogP contribution in [0, 0.1) is 11.6 Å². The maximum atomic E-state index is 13.3. The van der Waals surface area contributed by atoms with Crippen molar-refractivity contribution in [2.75, 3.05) is 0 Å². The molecule has 0 bridgehead atoms. The number of nitrogens with zero attached hydrogens (tertiary/aromatic N) is 4. The van der Waals surface area contributed by atoms with Gasteiger partial charge in [-0.2, -0.15) is 4.68 Å². The van der Waals surface area contributed by atoms with Crippen LogP contribution in [0.25, 0.3) is 5.69 Å². The summed E-state index contributed by atoms with van der Waals surface area (Å²) in [4.78, 5) is 0. The summed E-state index contributed by atoms with van der Waals surface area (Å²) in [6, 6.07) is 3.03. The largest absolute Gasteiger partial charge is 0.324 e. The normalized spacial score (nSPS) is 10.6. The predicted octanol–water partition coefficient (Wildman–Crippen LogP) is 0.399. The first-order valence-electron chi connectivity index (χ1n) is 4.15. The van der Waals surface area contributed by atoms with Gasteiger partial charge in [-0.25, -0.2) is 8.78 Å². The average Bonchev–Trinajstić information content (AvgIpc) is 2.69. The van der Waals surface area contributed by atoms with E-state index in [0.29, 0.717) is 0 Å². The second-order valence-corrected chi connectivity index (χ2v) is 2.81. The molecule has 0 aliphatic carbocycles. The number of hydrogen-bond donors (Lipinski definition) is 1. The van der Waals surface area contributed by atoms with E-state index in [2.05, 4.69) is 15.5 Å². The van der Waals surface area contributed by atoms with Crippen molar-refractivity contribution in [1.82, 2.24) is 20.2 Å². The second-order valence-electron chi connectivity index (χ2n) is 2.81. The van der Waals surface area contributed by atoms with E-state index < -0.39 is 11.6 Å². The van der Waals surface area contributed by atoms with Crippen LogP contribution in [0.15, 0.2) is 18.2 Å². The van der Waals surface area contributed by atoms with E-state index in [1.165, 1.54) is 0 Å². The molecule has 0 aliphatic heterocycles. The van der Waals surface area contributed by atoms with Gasteiger partial charge < -0.3 is 5.73 Å². The van der Waals surface area contributed by atoms with Gasteiger partial charge in [-0.05, 0) is 22.6 Å². The summed E-state index contributed by atoms with van der Waals surface area (Å²) < 4.78 is 27.3. The number of rotatable bonds is 2. The summed E-state index contributed by atoms with van der Waals surface area (Å²) in [5, 5.41) is 10.4. The lowest BCUT2D eigenvalue weighted by Gasteiger charge is -2.03. The Bertz CT molecular complexity index is 482.